The second kappa shape index (κ2) is 3.79. The van der Waals surface area contributed by atoms with E-state index in [1.54, 1.807) is 19.1 Å². The van der Waals surface area contributed by atoms with Crippen LogP contribution in [0.25, 0.3) is 0 Å². The monoisotopic (exact) mass is 243 g/mol. The summed E-state index contributed by atoms with van der Waals surface area (Å²) in [5.41, 5.74) is 0.719. The van der Waals surface area contributed by atoms with E-state index >= 15 is 0 Å². The molecule has 0 aliphatic heterocycles. The van der Waals surface area contributed by atoms with Crippen molar-refractivity contribution >= 4 is 21.9 Å². The average Bonchev–Trinajstić information content (AvgIpc) is 2.07. The van der Waals surface area contributed by atoms with Gasteiger partial charge in [-0.1, -0.05) is 6.07 Å². The summed E-state index contributed by atoms with van der Waals surface area (Å²) in [4.78, 5) is 10.7. The molecule has 0 fully saturated rings. The first-order valence-corrected chi connectivity index (χ1v) is 4.41. The third-order valence-corrected chi connectivity index (χ3v) is 2.35. The van der Waals surface area contributed by atoms with Gasteiger partial charge < -0.3 is 14.6 Å². The molecule has 70 valence electrons. The van der Waals surface area contributed by atoms with Crippen molar-refractivity contribution in [1.29, 1.82) is 0 Å². The molecule has 0 unspecified atom stereocenters. The van der Waals surface area contributed by atoms with E-state index in [1.165, 1.54) is 7.11 Å². The molecule has 0 atom stereocenters. The lowest BCUT2D eigenvalue weighted by atomic mass is 10.1. The zero-order chi connectivity index (χ0) is 10.0. The number of carbonyl (C=O) groups excluding carboxylic acids is 1. The third-order valence-electron chi connectivity index (χ3n) is 1.73. The molecule has 1 aromatic rings. The van der Waals surface area contributed by atoms with E-state index < -0.39 is 5.97 Å². The predicted octanol–water partition coefficient (Wildman–Crippen LogP) is 1.13. The molecular weight excluding hydrogens is 236 g/mol. The minimum atomic E-state index is -1.23. The van der Waals surface area contributed by atoms with Crippen molar-refractivity contribution in [3.63, 3.8) is 0 Å². The molecule has 1 aromatic carbocycles. The van der Waals surface area contributed by atoms with Gasteiger partial charge in [-0.05, 0) is 34.5 Å². The van der Waals surface area contributed by atoms with E-state index in [0.29, 0.717) is 15.8 Å². The van der Waals surface area contributed by atoms with Crippen molar-refractivity contribution in [3.05, 3.63) is 27.7 Å². The number of carbonyl (C=O) groups is 1. The van der Waals surface area contributed by atoms with E-state index in [0.717, 1.165) is 0 Å². The predicted molar refractivity (Wildman–Crippen MR) is 49.8 cm³/mol. The van der Waals surface area contributed by atoms with Crippen LogP contribution in [0.5, 0.6) is 5.75 Å². The number of rotatable bonds is 2. The SMILES string of the molecule is COc1c(Br)ccc(C)c1C(=O)[O-]. The van der Waals surface area contributed by atoms with Crippen molar-refractivity contribution in [2.24, 2.45) is 0 Å². The Balaban J connectivity index is 3.43. The maximum atomic E-state index is 10.7. The average molecular weight is 244 g/mol. The summed E-state index contributed by atoms with van der Waals surface area (Å²) in [6.07, 6.45) is 0. The van der Waals surface area contributed by atoms with Crippen LogP contribution in [0.2, 0.25) is 0 Å². The fourth-order valence-electron chi connectivity index (χ4n) is 1.11. The van der Waals surface area contributed by atoms with Gasteiger partial charge in [-0.3, -0.25) is 0 Å². The van der Waals surface area contributed by atoms with Gasteiger partial charge >= 0.3 is 0 Å². The fourth-order valence-corrected chi connectivity index (χ4v) is 1.60. The topological polar surface area (TPSA) is 49.4 Å². The number of aromatic carboxylic acids is 1. The van der Waals surface area contributed by atoms with Gasteiger partial charge in [0.1, 0.15) is 5.75 Å². The van der Waals surface area contributed by atoms with Crippen molar-refractivity contribution in [2.45, 2.75) is 6.92 Å². The number of hydrogen-bond acceptors (Lipinski definition) is 3. The maximum Gasteiger partial charge on any atom is 0.142 e. The zero-order valence-corrected chi connectivity index (χ0v) is 8.84. The summed E-state index contributed by atoms with van der Waals surface area (Å²) in [5.74, 6) is -0.921. The molecule has 0 aromatic heterocycles. The molecule has 1 rings (SSSR count). The minimum Gasteiger partial charge on any atom is -0.545 e. The molecule has 13 heavy (non-hydrogen) atoms. The van der Waals surface area contributed by atoms with Gasteiger partial charge in [0.25, 0.3) is 0 Å². The molecule has 3 nitrogen and oxygen atoms in total. The summed E-state index contributed by atoms with van der Waals surface area (Å²) in [6.45, 7) is 1.69. The third kappa shape index (κ3) is 1.83. The molecule has 4 heteroatoms. The molecular formula is C9H8BrO3-. The van der Waals surface area contributed by atoms with Crippen LogP contribution in [0.15, 0.2) is 16.6 Å². The first kappa shape index (κ1) is 10.1. The molecule has 0 aliphatic carbocycles. The number of halogens is 1. The maximum absolute atomic E-state index is 10.7. The van der Waals surface area contributed by atoms with E-state index in [4.69, 9.17) is 4.74 Å². The van der Waals surface area contributed by atoms with Crippen LogP contribution in [0.4, 0.5) is 0 Å². The zero-order valence-electron chi connectivity index (χ0n) is 7.26. The van der Waals surface area contributed by atoms with Gasteiger partial charge in [-0.2, -0.15) is 0 Å². The van der Waals surface area contributed by atoms with Crippen LogP contribution in [0.1, 0.15) is 15.9 Å². The molecule has 0 bridgehead atoms. The lowest BCUT2D eigenvalue weighted by Crippen LogP contribution is -2.24. The van der Waals surface area contributed by atoms with Gasteiger partial charge in [0, 0.05) is 5.56 Å². The molecule has 0 radical (unpaired) electrons. The summed E-state index contributed by atoms with van der Waals surface area (Å²) < 4.78 is 5.56. The van der Waals surface area contributed by atoms with E-state index in [-0.39, 0.29) is 5.56 Å². The van der Waals surface area contributed by atoms with Gasteiger partial charge in [-0.25, -0.2) is 0 Å². The van der Waals surface area contributed by atoms with Crippen molar-refractivity contribution < 1.29 is 14.6 Å². The highest BCUT2D eigenvalue weighted by Gasteiger charge is 2.10. The van der Waals surface area contributed by atoms with Crippen molar-refractivity contribution in [2.75, 3.05) is 7.11 Å². The summed E-state index contributed by atoms with van der Waals surface area (Å²) >= 11 is 3.19. The molecule has 0 spiro atoms. The number of methoxy groups -OCH3 is 1. The summed E-state index contributed by atoms with van der Waals surface area (Å²) in [6, 6.07) is 3.43. The Labute approximate surface area is 84.5 Å². The summed E-state index contributed by atoms with van der Waals surface area (Å²) in [5, 5.41) is 10.7. The summed E-state index contributed by atoms with van der Waals surface area (Å²) in [7, 11) is 1.42. The van der Waals surface area contributed by atoms with Gasteiger partial charge in [0.15, 0.2) is 0 Å². The van der Waals surface area contributed by atoms with E-state index in [1.807, 2.05) is 0 Å². The second-order valence-corrected chi connectivity index (χ2v) is 3.41. The number of hydrogen-bond donors (Lipinski definition) is 0. The normalized spacial score (nSPS) is 9.77. The van der Waals surface area contributed by atoms with Gasteiger partial charge in [-0.15, -0.1) is 0 Å². The lowest BCUT2D eigenvalue weighted by Gasteiger charge is -2.13. The van der Waals surface area contributed by atoms with Crippen molar-refractivity contribution in [3.8, 4) is 5.75 Å². The molecule has 0 amide bonds. The molecule has 0 heterocycles. The number of ether oxygens (including phenoxy) is 1. The smallest absolute Gasteiger partial charge is 0.142 e. The number of benzene rings is 1. The van der Waals surface area contributed by atoms with Crippen LogP contribution in [-0.2, 0) is 0 Å². The number of aryl methyl sites for hydroxylation is 1. The van der Waals surface area contributed by atoms with Gasteiger partial charge in [0.05, 0.1) is 17.6 Å². The highest BCUT2D eigenvalue weighted by Crippen LogP contribution is 2.30. The molecule has 0 saturated carbocycles. The highest BCUT2D eigenvalue weighted by atomic mass is 79.9. The quantitative estimate of drug-likeness (QED) is 0.783. The van der Waals surface area contributed by atoms with E-state index in [2.05, 4.69) is 15.9 Å². The number of carboxylic acids is 1. The first-order valence-electron chi connectivity index (χ1n) is 3.62. The Morgan fingerprint density at radius 2 is 2.15 bits per heavy atom. The van der Waals surface area contributed by atoms with Gasteiger partial charge in [0.2, 0.25) is 0 Å². The molecule has 0 aliphatic rings. The van der Waals surface area contributed by atoms with Crippen LogP contribution >= 0.6 is 15.9 Å². The lowest BCUT2D eigenvalue weighted by molar-refractivity contribution is -0.255. The van der Waals surface area contributed by atoms with Crippen LogP contribution in [0, 0.1) is 6.92 Å². The van der Waals surface area contributed by atoms with Crippen molar-refractivity contribution in [1.82, 2.24) is 0 Å². The molecule has 0 saturated heterocycles. The molecule has 0 N–H and O–H groups in total. The van der Waals surface area contributed by atoms with Crippen LogP contribution in [0.3, 0.4) is 0 Å². The van der Waals surface area contributed by atoms with Crippen LogP contribution < -0.4 is 9.84 Å². The Bertz CT molecular complexity index is 347. The fraction of sp³-hybridized carbons (Fsp3) is 0.222. The highest BCUT2D eigenvalue weighted by molar-refractivity contribution is 9.10. The standard InChI is InChI=1S/C9H9BrO3/c1-5-3-4-6(10)8(13-2)7(5)9(11)12/h3-4H,1-2H3,(H,11,12)/p-1. The van der Waals surface area contributed by atoms with E-state index in [9.17, 15) is 9.90 Å². The largest absolute Gasteiger partial charge is 0.545 e. The Morgan fingerprint density at radius 3 is 2.54 bits per heavy atom. The van der Waals surface area contributed by atoms with Crippen LogP contribution in [-0.4, -0.2) is 13.1 Å². The number of carboxylic acid groups (broad SMARTS) is 1. The Kier molecular flexibility index (Phi) is 2.93. The Hall–Kier alpha value is -1.03. The Morgan fingerprint density at radius 1 is 1.54 bits per heavy atom. The first-order chi connectivity index (χ1) is 6.07. The second-order valence-electron chi connectivity index (χ2n) is 2.56. The minimum absolute atomic E-state index is 0.0943.